The number of hydrogen-bond donors (Lipinski definition) is 1. The van der Waals surface area contributed by atoms with Gasteiger partial charge in [-0.05, 0) is 69.5 Å². The van der Waals surface area contributed by atoms with E-state index in [4.69, 9.17) is 27.9 Å². The number of rotatable bonds is 6. The lowest BCUT2D eigenvalue weighted by atomic mass is 10.2. The van der Waals surface area contributed by atoms with Gasteiger partial charge in [-0.15, -0.1) is 0 Å². The smallest absolute Gasteiger partial charge is 0.134 e. The van der Waals surface area contributed by atoms with Crippen molar-refractivity contribution in [3.8, 4) is 5.75 Å². The summed E-state index contributed by atoms with van der Waals surface area (Å²) in [7, 11) is 0. The van der Waals surface area contributed by atoms with Gasteiger partial charge >= 0.3 is 0 Å². The van der Waals surface area contributed by atoms with E-state index in [2.05, 4.69) is 21.2 Å². The van der Waals surface area contributed by atoms with Crippen molar-refractivity contribution >= 4 is 44.8 Å². The average Bonchev–Trinajstić information content (AvgIpc) is 2.63. The Kier molecular flexibility index (Phi) is 6.41. The first-order valence-electron chi connectivity index (χ1n) is 7.86. The van der Waals surface area contributed by atoms with Gasteiger partial charge in [-0.1, -0.05) is 41.4 Å². The van der Waals surface area contributed by atoms with Crippen molar-refractivity contribution in [2.45, 2.75) is 13.2 Å². The molecule has 0 unspecified atom stereocenters. The predicted molar refractivity (Wildman–Crippen MR) is 109 cm³/mol. The molecule has 0 amide bonds. The maximum atomic E-state index is 12.9. The minimum atomic E-state index is -0.256. The fourth-order valence-corrected chi connectivity index (χ4v) is 3.16. The van der Waals surface area contributed by atoms with Crippen molar-refractivity contribution in [1.82, 2.24) is 0 Å². The van der Waals surface area contributed by atoms with Crippen molar-refractivity contribution in [3.05, 3.63) is 92.1 Å². The minimum Gasteiger partial charge on any atom is -0.488 e. The Hall–Kier alpha value is -1.75. The number of hydrogen-bond acceptors (Lipinski definition) is 2. The molecular weight excluding hydrogens is 440 g/mol. The van der Waals surface area contributed by atoms with Gasteiger partial charge in [0.15, 0.2) is 0 Å². The van der Waals surface area contributed by atoms with E-state index in [1.807, 2.05) is 24.3 Å². The summed E-state index contributed by atoms with van der Waals surface area (Å²) in [6.45, 7) is 1.01. The fourth-order valence-electron chi connectivity index (χ4n) is 2.32. The SMILES string of the molecule is Fc1ccc(COc2ccc(CNc3ccc(Cl)c(Cl)c3)cc2Br)cc1. The van der Waals surface area contributed by atoms with Crippen molar-refractivity contribution in [3.63, 3.8) is 0 Å². The van der Waals surface area contributed by atoms with Gasteiger partial charge < -0.3 is 10.1 Å². The van der Waals surface area contributed by atoms with E-state index < -0.39 is 0 Å². The van der Waals surface area contributed by atoms with E-state index in [9.17, 15) is 4.39 Å². The third-order valence-corrected chi connectivity index (χ3v) is 5.08. The highest BCUT2D eigenvalue weighted by Gasteiger charge is 2.05. The summed E-state index contributed by atoms with van der Waals surface area (Å²) >= 11 is 15.5. The third-order valence-electron chi connectivity index (χ3n) is 3.72. The second kappa shape index (κ2) is 8.76. The summed E-state index contributed by atoms with van der Waals surface area (Å²) < 4.78 is 19.6. The van der Waals surface area contributed by atoms with Crippen molar-refractivity contribution in [1.29, 1.82) is 0 Å². The molecule has 0 aromatic heterocycles. The van der Waals surface area contributed by atoms with Crippen LogP contribution in [0.5, 0.6) is 5.75 Å². The molecule has 3 aromatic rings. The zero-order chi connectivity index (χ0) is 18.5. The fraction of sp³-hybridized carbons (Fsp3) is 0.100. The number of ether oxygens (including phenoxy) is 1. The molecule has 0 atom stereocenters. The van der Waals surface area contributed by atoms with E-state index in [0.717, 1.165) is 27.0 Å². The highest BCUT2D eigenvalue weighted by molar-refractivity contribution is 9.10. The molecule has 3 rings (SSSR count). The summed E-state index contributed by atoms with van der Waals surface area (Å²) in [6.07, 6.45) is 0. The lowest BCUT2D eigenvalue weighted by Gasteiger charge is -2.11. The summed E-state index contributed by atoms with van der Waals surface area (Å²) in [4.78, 5) is 0. The third kappa shape index (κ3) is 5.13. The van der Waals surface area contributed by atoms with E-state index in [1.54, 1.807) is 24.3 Å². The molecular formula is C20H15BrCl2FNO. The van der Waals surface area contributed by atoms with Crippen molar-refractivity contribution in [2.24, 2.45) is 0 Å². The second-order valence-electron chi connectivity index (χ2n) is 5.66. The predicted octanol–water partition coefficient (Wildman–Crippen LogP) is 7.09. The van der Waals surface area contributed by atoms with Crippen LogP contribution < -0.4 is 10.1 Å². The Balaban J connectivity index is 1.59. The molecule has 26 heavy (non-hydrogen) atoms. The van der Waals surface area contributed by atoms with Crippen molar-refractivity contribution < 1.29 is 9.13 Å². The standard InChI is InChI=1S/C20H15BrCl2FNO/c21-17-9-14(11-25-16-6-7-18(22)19(23)10-16)3-8-20(17)26-12-13-1-4-15(24)5-2-13/h1-10,25H,11-12H2. The van der Waals surface area contributed by atoms with Crippen LogP contribution in [0.2, 0.25) is 10.0 Å². The van der Waals surface area contributed by atoms with Gasteiger partial charge in [0.2, 0.25) is 0 Å². The van der Waals surface area contributed by atoms with Gasteiger partial charge in [0.05, 0.1) is 14.5 Å². The topological polar surface area (TPSA) is 21.3 Å². The Morgan fingerprint density at radius 1 is 0.885 bits per heavy atom. The van der Waals surface area contributed by atoms with E-state index in [0.29, 0.717) is 23.2 Å². The second-order valence-corrected chi connectivity index (χ2v) is 7.33. The van der Waals surface area contributed by atoms with Crippen LogP contribution in [0.4, 0.5) is 10.1 Å². The van der Waals surface area contributed by atoms with Gasteiger partial charge in [-0.3, -0.25) is 0 Å². The van der Waals surface area contributed by atoms with Gasteiger partial charge in [0.25, 0.3) is 0 Å². The molecule has 0 saturated heterocycles. The monoisotopic (exact) mass is 453 g/mol. The average molecular weight is 455 g/mol. The molecule has 1 N–H and O–H groups in total. The quantitative estimate of drug-likeness (QED) is 0.429. The Labute approximate surface area is 170 Å². The zero-order valence-electron chi connectivity index (χ0n) is 13.6. The summed E-state index contributed by atoms with van der Waals surface area (Å²) in [5, 5.41) is 4.34. The molecule has 0 spiro atoms. The number of nitrogens with one attached hydrogen (secondary N) is 1. The lowest BCUT2D eigenvalue weighted by Crippen LogP contribution is -2.01. The van der Waals surface area contributed by atoms with Crippen molar-refractivity contribution in [2.75, 3.05) is 5.32 Å². The first-order chi connectivity index (χ1) is 12.5. The highest BCUT2D eigenvalue weighted by atomic mass is 79.9. The van der Waals surface area contributed by atoms with Gasteiger partial charge in [-0.25, -0.2) is 4.39 Å². The molecule has 0 saturated carbocycles. The summed E-state index contributed by atoms with van der Waals surface area (Å²) in [6, 6.07) is 17.6. The van der Waals surface area contributed by atoms with Crippen LogP contribution in [0.1, 0.15) is 11.1 Å². The largest absolute Gasteiger partial charge is 0.488 e. The lowest BCUT2D eigenvalue weighted by molar-refractivity contribution is 0.304. The van der Waals surface area contributed by atoms with Crippen LogP contribution in [0.3, 0.4) is 0 Å². The van der Waals surface area contributed by atoms with E-state index in [-0.39, 0.29) is 5.82 Å². The zero-order valence-corrected chi connectivity index (χ0v) is 16.7. The number of halogens is 4. The molecule has 2 nitrogen and oxygen atoms in total. The number of anilines is 1. The van der Waals surface area contributed by atoms with Crippen LogP contribution in [-0.4, -0.2) is 0 Å². The molecule has 0 aliphatic rings. The normalized spacial score (nSPS) is 10.6. The van der Waals surface area contributed by atoms with Crippen LogP contribution in [0.15, 0.2) is 65.1 Å². The molecule has 0 bridgehead atoms. The summed E-state index contributed by atoms with van der Waals surface area (Å²) in [5.41, 5.74) is 2.88. The highest BCUT2D eigenvalue weighted by Crippen LogP contribution is 2.28. The molecule has 0 aliphatic carbocycles. The minimum absolute atomic E-state index is 0.256. The van der Waals surface area contributed by atoms with Gasteiger partial charge in [-0.2, -0.15) is 0 Å². The maximum absolute atomic E-state index is 12.9. The Bertz CT molecular complexity index is 903. The molecule has 0 heterocycles. The number of benzene rings is 3. The Morgan fingerprint density at radius 3 is 2.31 bits per heavy atom. The molecule has 3 aromatic carbocycles. The molecule has 6 heteroatoms. The Morgan fingerprint density at radius 2 is 1.62 bits per heavy atom. The first kappa shape index (κ1) is 19.0. The van der Waals surface area contributed by atoms with Gasteiger partial charge in [0.1, 0.15) is 18.2 Å². The van der Waals surface area contributed by atoms with Crippen LogP contribution in [-0.2, 0) is 13.2 Å². The molecule has 134 valence electrons. The van der Waals surface area contributed by atoms with Gasteiger partial charge in [0, 0.05) is 12.2 Å². The van der Waals surface area contributed by atoms with E-state index >= 15 is 0 Å². The molecule has 0 radical (unpaired) electrons. The maximum Gasteiger partial charge on any atom is 0.134 e. The van der Waals surface area contributed by atoms with Crippen LogP contribution in [0.25, 0.3) is 0 Å². The summed E-state index contributed by atoms with van der Waals surface area (Å²) in [5.74, 6) is 0.473. The van der Waals surface area contributed by atoms with Crippen LogP contribution >= 0.6 is 39.1 Å². The molecule has 0 fully saturated rings. The van der Waals surface area contributed by atoms with E-state index in [1.165, 1.54) is 12.1 Å². The molecule has 0 aliphatic heterocycles. The van der Waals surface area contributed by atoms with Crippen LogP contribution in [0, 0.1) is 5.82 Å². The first-order valence-corrected chi connectivity index (χ1v) is 9.41.